The zero-order valence-electron chi connectivity index (χ0n) is 10.3. The summed E-state index contributed by atoms with van der Waals surface area (Å²) in [5.74, 6) is -0.441. The highest BCUT2D eigenvalue weighted by atomic mass is 79.9. The van der Waals surface area contributed by atoms with Gasteiger partial charge in [0.25, 0.3) is 0 Å². The van der Waals surface area contributed by atoms with Crippen LogP contribution in [-0.4, -0.2) is 5.91 Å². The first-order valence-electron chi connectivity index (χ1n) is 5.74. The van der Waals surface area contributed by atoms with E-state index in [2.05, 4.69) is 21.2 Å². The third kappa shape index (κ3) is 3.66. The molecule has 0 heterocycles. The van der Waals surface area contributed by atoms with Crippen molar-refractivity contribution in [2.24, 2.45) is 5.73 Å². The van der Waals surface area contributed by atoms with Gasteiger partial charge in [-0.2, -0.15) is 0 Å². The molecule has 0 aromatic heterocycles. The summed E-state index contributed by atoms with van der Waals surface area (Å²) >= 11 is 15.6. The van der Waals surface area contributed by atoms with Crippen molar-refractivity contribution in [1.82, 2.24) is 0 Å². The minimum atomic E-state index is -0.441. The van der Waals surface area contributed by atoms with Gasteiger partial charge in [-0.1, -0.05) is 51.3 Å². The predicted molar refractivity (Wildman–Crippen MR) is 86.4 cm³/mol. The molecule has 3 nitrogen and oxygen atoms in total. The Hall–Kier alpha value is -1.23. The Morgan fingerprint density at radius 1 is 1.15 bits per heavy atom. The molecule has 0 aliphatic rings. The van der Waals surface area contributed by atoms with Crippen LogP contribution in [0.3, 0.4) is 0 Å². The number of carbonyl (C=O) groups is 1. The third-order valence-electron chi connectivity index (χ3n) is 2.71. The van der Waals surface area contributed by atoms with Gasteiger partial charge in [-0.3, -0.25) is 4.79 Å². The van der Waals surface area contributed by atoms with Gasteiger partial charge in [0.2, 0.25) is 5.91 Å². The number of primary amides is 1. The monoisotopic (exact) mass is 372 g/mol. The summed E-state index contributed by atoms with van der Waals surface area (Å²) < 4.78 is 0.823. The average Bonchev–Trinajstić information content (AvgIpc) is 2.38. The molecule has 6 heteroatoms. The van der Waals surface area contributed by atoms with E-state index in [1.54, 1.807) is 24.3 Å². The van der Waals surface area contributed by atoms with E-state index < -0.39 is 5.91 Å². The normalized spacial score (nSPS) is 10.3. The van der Waals surface area contributed by atoms with Gasteiger partial charge in [0.15, 0.2) is 0 Å². The highest BCUT2D eigenvalue weighted by Gasteiger charge is 2.07. The molecule has 0 fully saturated rings. The van der Waals surface area contributed by atoms with Crippen molar-refractivity contribution in [1.29, 1.82) is 0 Å². The van der Waals surface area contributed by atoms with Gasteiger partial charge in [0.05, 0.1) is 15.7 Å². The molecule has 20 heavy (non-hydrogen) atoms. The van der Waals surface area contributed by atoms with E-state index in [0.717, 1.165) is 10.0 Å². The van der Waals surface area contributed by atoms with E-state index in [1.165, 1.54) is 0 Å². The fraction of sp³-hybridized carbons (Fsp3) is 0.0714. The van der Waals surface area contributed by atoms with Crippen LogP contribution in [0.15, 0.2) is 40.9 Å². The second kappa shape index (κ2) is 6.48. The summed E-state index contributed by atoms with van der Waals surface area (Å²) in [7, 11) is 0. The number of amides is 1. The lowest BCUT2D eigenvalue weighted by Gasteiger charge is -2.11. The zero-order valence-corrected chi connectivity index (χ0v) is 13.4. The molecule has 0 spiro atoms. The number of nitrogens with two attached hydrogens (primary N) is 1. The molecule has 2 aromatic carbocycles. The maximum Gasteiger partial charge on any atom is 0.248 e. The number of nitrogens with one attached hydrogen (secondary N) is 1. The van der Waals surface area contributed by atoms with E-state index in [-0.39, 0.29) is 0 Å². The van der Waals surface area contributed by atoms with Crippen LogP contribution in [-0.2, 0) is 6.54 Å². The Bertz CT molecular complexity index is 621. The molecule has 0 aliphatic carbocycles. The van der Waals surface area contributed by atoms with Crippen molar-refractivity contribution in [2.75, 3.05) is 5.32 Å². The summed E-state index contributed by atoms with van der Waals surface area (Å²) in [6.45, 7) is 0.542. The molecule has 0 aliphatic heterocycles. The fourth-order valence-electron chi connectivity index (χ4n) is 1.69. The fourth-order valence-corrected chi connectivity index (χ4v) is 3.03. The number of rotatable bonds is 4. The van der Waals surface area contributed by atoms with Crippen LogP contribution in [0.25, 0.3) is 0 Å². The van der Waals surface area contributed by atoms with Crippen LogP contribution < -0.4 is 11.1 Å². The topological polar surface area (TPSA) is 55.1 Å². The first kappa shape index (κ1) is 15.2. The lowest BCUT2D eigenvalue weighted by atomic mass is 10.1. The summed E-state index contributed by atoms with van der Waals surface area (Å²) in [5.41, 5.74) is 7.34. The standard InChI is InChI=1S/C14H11BrCl2N2O/c15-10-5-11(16)13(12(17)6-10)19-7-8-1-3-9(4-2-8)14(18)20/h1-6,19H,7H2,(H2,18,20). The van der Waals surface area contributed by atoms with E-state index in [1.807, 2.05) is 12.1 Å². The molecule has 3 N–H and O–H groups in total. The third-order valence-corrected chi connectivity index (χ3v) is 3.77. The van der Waals surface area contributed by atoms with Gasteiger partial charge in [-0.05, 0) is 29.8 Å². The number of carbonyl (C=O) groups excluding carboxylic acids is 1. The summed E-state index contributed by atoms with van der Waals surface area (Å²) in [6, 6.07) is 10.6. The number of hydrogen-bond acceptors (Lipinski definition) is 2. The Balaban J connectivity index is 2.11. The molecule has 0 unspecified atom stereocenters. The summed E-state index contributed by atoms with van der Waals surface area (Å²) in [6.07, 6.45) is 0. The van der Waals surface area contributed by atoms with Crippen molar-refractivity contribution in [3.8, 4) is 0 Å². The molecular weight excluding hydrogens is 363 g/mol. The smallest absolute Gasteiger partial charge is 0.248 e. The number of hydrogen-bond donors (Lipinski definition) is 2. The van der Waals surface area contributed by atoms with Crippen molar-refractivity contribution in [3.63, 3.8) is 0 Å². The Morgan fingerprint density at radius 3 is 2.20 bits per heavy atom. The molecule has 1 amide bonds. The minimum Gasteiger partial charge on any atom is -0.379 e. The lowest BCUT2D eigenvalue weighted by molar-refractivity contribution is 0.100. The lowest BCUT2D eigenvalue weighted by Crippen LogP contribution is -2.10. The van der Waals surface area contributed by atoms with Crippen LogP contribution in [0, 0.1) is 0 Å². The van der Waals surface area contributed by atoms with Crippen LogP contribution in [0.1, 0.15) is 15.9 Å². The predicted octanol–water partition coefficient (Wildman–Crippen LogP) is 4.47. The SMILES string of the molecule is NC(=O)c1ccc(CNc2c(Cl)cc(Br)cc2Cl)cc1. The first-order chi connectivity index (χ1) is 9.47. The van der Waals surface area contributed by atoms with E-state index in [9.17, 15) is 4.79 Å². The minimum absolute atomic E-state index is 0.441. The van der Waals surface area contributed by atoms with Crippen LogP contribution in [0.4, 0.5) is 5.69 Å². The molecule has 0 atom stereocenters. The van der Waals surface area contributed by atoms with Crippen molar-refractivity contribution in [2.45, 2.75) is 6.54 Å². The number of anilines is 1. The molecule has 0 bridgehead atoms. The zero-order chi connectivity index (χ0) is 14.7. The average molecular weight is 374 g/mol. The highest BCUT2D eigenvalue weighted by molar-refractivity contribution is 9.10. The largest absolute Gasteiger partial charge is 0.379 e. The molecule has 0 saturated carbocycles. The summed E-state index contributed by atoms with van der Waals surface area (Å²) in [4.78, 5) is 11.0. The summed E-state index contributed by atoms with van der Waals surface area (Å²) in [5, 5.41) is 4.25. The molecule has 0 saturated heterocycles. The van der Waals surface area contributed by atoms with E-state index in [4.69, 9.17) is 28.9 Å². The highest BCUT2D eigenvalue weighted by Crippen LogP contribution is 2.34. The Labute approximate surface area is 135 Å². The van der Waals surface area contributed by atoms with Crippen molar-refractivity contribution < 1.29 is 4.79 Å². The quantitative estimate of drug-likeness (QED) is 0.830. The Morgan fingerprint density at radius 2 is 1.70 bits per heavy atom. The van der Waals surface area contributed by atoms with Crippen molar-refractivity contribution >= 4 is 50.7 Å². The van der Waals surface area contributed by atoms with E-state index >= 15 is 0 Å². The van der Waals surface area contributed by atoms with Crippen LogP contribution in [0.2, 0.25) is 10.0 Å². The van der Waals surface area contributed by atoms with E-state index in [0.29, 0.717) is 27.8 Å². The number of halogens is 3. The molecular formula is C14H11BrCl2N2O. The van der Waals surface area contributed by atoms with Gasteiger partial charge in [0.1, 0.15) is 0 Å². The maximum atomic E-state index is 11.0. The van der Waals surface area contributed by atoms with Gasteiger partial charge < -0.3 is 11.1 Å². The Kier molecular flexibility index (Phi) is 4.91. The molecule has 2 rings (SSSR count). The van der Waals surface area contributed by atoms with Crippen LogP contribution >= 0.6 is 39.1 Å². The second-order valence-electron chi connectivity index (χ2n) is 4.16. The van der Waals surface area contributed by atoms with Crippen molar-refractivity contribution in [3.05, 3.63) is 62.0 Å². The second-order valence-corrected chi connectivity index (χ2v) is 5.89. The molecule has 104 valence electrons. The number of benzene rings is 2. The maximum absolute atomic E-state index is 11.0. The van der Waals surface area contributed by atoms with Gasteiger partial charge >= 0.3 is 0 Å². The van der Waals surface area contributed by atoms with Gasteiger partial charge in [-0.25, -0.2) is 0 Å². The molecule has 0 radical (unpaired) electrons. The van der Waals surface area contributed by atoms with Crippen LogP contribution in [0.5, 0.6) is 0 Å². The first-order valence-corrected chi connectivity index (χ1v) is 7.29. The molecule has 2 aromatic rings. The van der Waals surface area contributed by atoms with Gasteiger partial charge in [-0.15, -0.1) is 0 Å². The van der Waals surface area contributed by atoms with Gasteiger partial charge in [0, 0.05) is 16.6 Å².